The van der Waals surface area contributed by atoms with Gasteiger partial charge in [-0.15, -0.1) is 0 Å². The fourth-order valence-electron chi connectivity index (χ4n) is 1.41. The highest BCUT2D eigenvalue weighted by molar-refractivity contribution is 8.00. The zero-order valence-electron chi connectivity index (χ0n) is 11.7. The number of esters is 1. The molecule has 1 unspecified atom stereocenters. The molecule has 0 amide bonds. The van der Waals surface area contributed by atoms with Gasteiger partial charge >= 0.3 is 5.97 Å². The fourth-order valence-corrected chi connectivity index (χ4v) is 3.75. The Hall–Kier alpha value is -1.01. The van der Waals surface area contributed by atoms with E-state index in [0.29, 0.717) is 11.5 Å². The van der Waals surface area contributed by atoms with Crippen molar-refractivity contribution in [1.29, 1.82) is 0 Å². The third-order valence-electron chi connectivity index (χ3n) is 2.59. The van der Waals surface area contributed by atoms with Crippen LogP contribution in [0.4, 0.5) is 0 Å². The molecule has 0 bridgehead atoms. The average Bonchev–Trinajstić information content (AvgIpc) is 2.40. The van der Waals surface area contributed by atoms with Crippen molar-refractivity contribution in [2.75, 3.05) is 23.5 Å². The summed E-state index contributed by atoms with van der Waals surface area (Å²) in [5.41, 5.74) is 0.956. The molecule has 0 aromatic heterocycles. The second kappa shape index (κ2) is 8.32. The summed E-state index contributed by atoms with van der Waals surface area (Å²) in [6.07, 6.45) is 1.21. The van der Waals surface area contributed by atoms with Crippen molar-refractivity contribution in [1.82, 2.24) is 0 Å². The van der Waals surface area contributed by atoms with Gasteiger partial charge in [-0.2, -0.15) is 11.8 Å². The number of hydrogen-bond donors (Lipinski definition) is 0. The highest BCUT2D eigenvalue weighted by atomic mass is 32.2. The standard InChI is InChI=1S/C14H20O4S2/c1-12(11-19-8-9-20(2,16)17)14(15)18-10-13-6-4-3-5-7-13/h3-7,12H,8-11H2,1-2H3. The van der Waals surface area contributed by atoms with Crippen molar-refractivity contribution in [3.05, 3.63) is 35.9 Å². The van der Waals surface area contributed by atoms with Gasteiger partial charge in [0.2, 0.25) is 0 Å². The summed E-state index contributed by atoms with van der Waals surface area (Å²) in [5, 5.41) is 0. The molecule has 0 saturated carbocycles. The molecule has 4 nitrogen and oxygen atoms in total. The summed E-state index contributed by atoms with van der Waals surface area (Å²) < 4.78 is 27.1. The summed E-state index contributed by atoms with van der Waals surface area (Å²) in [7, 11) is -2.93. The van der Waals surface area contributed by atoms with Gasteiger partial charge in [0.05, 0.1) is 11.7 Å². The minimum atomic E-state index is -2.93. The van der Waals surface area contributed by atoms with E-state index in [9.17, 15) is 13.2 Å². The number of rotatable bonds is 8. The third-order valence-corrected chi connectivity index (χ3v) is 5.03. The smallest absolute Gasteiger partial charge is 0.309 e. The second-order valence-corrected chi connectivity index (χ2v) is 8.11. The molecule has 0 aliphatic rings. The molecular weight excluding hydrogens is 296 g/mol. The number of carbonyl (C=O) groups excluding carboxylic acids is 1. The van der Waals surface area contributed by atoms with Gasteiger partial charge in [-0.1, -0.05) is 37.3 Å². The Morgan fingerprint density at radius 1 is 1.30 bits per heavy atom. The summed E-state index contributed by atoms with van der Waals surface area (Å²) in [6.45, 7) is 2.07. The molecule has 0 heterocycles. The molecule has 0 radical (unpaired) electrons. The molecule has 20 heavy (non-hydrogen) atoms. The van der Waals surface area contributed by atoms with Gasteiger partial charge in [0.25, 0.3) is 0 Å². The monoisotopic (exact) mass is 316 g/mol. The first-order valence-electron chi connectivity index (χ1n) is 6.34. The zero-order chi connectivity index (χ0) is 15.0. The number of thioether (sulfide) groups is 1. The molecule has 6 heteroatoms. The van der Waals surface area contributed by atoms with E-state index in [1.165, 1.54) is 18.0 Å². The van der Waals surface area contributed by atoms with E-state index in [0.717, 1.165) is 5.56 Å². The lowest BCUT2D eigenvalue weighted by Crippen LogP contribution is -2.17. The predicted molar refractivity (Wildman–Crippen MR) is 82.4 cm³/mol. The number of hydrogen-bond acceptors (Lipinski definition) is 5. The highest BCUT2D eigenvalue weighted by Crippen LogP contribution is 2.12. The van der Waals surface area contributed by atoms with E-state index < -0.39 is 9.84 Å². The molecule has 1 rings (SSSR count). The van der Waals surface area contributed by atoms with Crippen molar-refractivity contribution in [3.8, 4) is 0 Å². The van der Waals surface area contributed by atoms with E-state index in [-0.39, 0.29) is 24.2 Å². The maximum absolute atomic E-state index is 11.8. The lowest BCUT2D eigenvalue weighted by atomic mass is 10.2. The first-order chi connectivity index (χ1) is 9.38. The van der Waals surface area contributed by atoms with E-state index >= 15 is 0 Å². The SMILES string of the molecule is CC(CSCCS(C)(=O)=O)C(=O)OCc1ccccc1. The summed E-state index contributed by atoms with van der Waals surface area (Å²) >= 11 is 1.46. The maximum atomic E-state index is 11.8. The van der Waals surface area contributed by atoms with Crippen molar-refractivity contribution in [2.45, 2.75) is 13.5 Å². The molecule has 0 N–H and O–H groups in total. The van der Waals surface area contributed by atoms with Crippen LogP contribution in [-0.2, 0) is 26.0 Å². The quantitative estimate of drug-likeness (QED) is 0.543. The molecule has 0 spiro atoms. The lowest BCUT2D eigenvalue weighted by molar-refractivity contribution is -0.148. The van der Waals surface area contributed by atoms with Crippen LogP contribution in [0.3, 0.4) is 0 Å². The van der Waals surface area contributed by atoms with Crippen LogP contribution >= 0.6 is 11.8 Å². The van der Waals surface area contributed by atoms with E-state index in [1.807, 2.05) is 30.3 Å². The average molecular weight is 316 g/mol. The van der Waals surface area contributed by atoms with Crippen LogP contribution < -0.4 is 0 Å². The molecule has 0 fully saturated rings. The van der Waals surface area contributed by atoms with E-state index in [1.54, 1.807) is 6.92 Å². The van der Waals surface area contributed by atoms with Gasteiger partial charge in [-0.05, 0) is 5.56 Å². The molecule has 0 aliphatic heterocycles. The maximum Gasteiger partial charge on any atom is 0.309 e. The number of ether oxygens (including phenoxy) is 1. The van der Waals surface area contributed by atoms with Crippen LogP contribution in [0, 0.1) is 5.92 Å². The Balaban J connectivity index is 2.22. The largest absolute Gasteiger partial charge is 0.461 e. The van der Waals surface area contributed by atoms with Crippen molar-refractivity contribution in [2.24, 2.45) is 5.92 Å². The predicted octanol–water partition coefficient (Wildman–Crippen LogP) is 2.14. The Labute approximate surface area is 124 Å². The summed E-state index contributed by atoms with van der Waals surface area (Å²) in [4.78, 5) is 11.8. The molecule has 0 aliphatic carbocycles. The topological polar surface area (TPSA) is 60.4 Å². The molecule has 1 aromatic rings. The van der Waals surface area contributed by atoms with Gasteiger partial charge in [0.15, 0.2) is 0 Å². The summed E-state index contributed by atoms with van der Waals surface area (Å²) in [5.74, 6) is 0.742. The van der Waals surface area contributed by atoms with Gasteiger partial charge < -0.3 is 4.74 Å². The summed E-state index contributed by atoms with van der Waals surface area (Å²) in [6, 6.07) is 9.51. The molecule has 1 aromatic carbocycles. The molecule has 112 valence electrons. The first-order valence-corrected chi connectivity index (χ1v) is 9.56. The normalized spacial score (nSPS) is 12.9. The Bertz CT molecular complexity index is 511. The van der Waals surface area contributed by atoms with Crippen LogP contribution in [0.15, 0.2) is 30.3 Å². The second-order valence-electron chi connectivity index (χ2n) is 4.70. The van der Waals surface area contributed by atoms with Gasteiger partial charge in [0, 0.05) is 17.8 Å². The Morgan fingerprint density at radius 2 is 1.95 bits per heavy atom. The first kappa shape index (κ1) is 17.0. The van der Waals surface area contributed by atoms with Crippen LogP contribution in [0.1, 0.15) is 12.5 Å². The van der Waals surface area contributed by atoms with Gasteiger partial charge in [0.1, 0.15) is 16.4 Å². The van der Waals surface area contributed by atoms with Crippen molar-refractivity contribution < 1.29 is 17.9 Å². The van der Waals surface area contributed by atoms with E-state index in [2.05, 4.69) is 0 Å². The minimum absolute atomic E-state index is 0.142. The lowest BCUT2D eigenvalue weighted by Gasteiger charge is -2.11. The van der Waals surface area contributed by atoms with Crippen LogP contribution in [0.2, 0.25) is 0 Å². The number of benzene rings is 1. The van der Waals surface area contributed by atoms with Crippen LogP contribution in [-0.4, -0.2) is 37.9 Å². The van der Waals surface area contributed by atoms with Crippen LogP contribution in [0.5, 0.6) is 0 Å². The van der Waals surface area contributed by atoms with Crippen molar-refractivity contribution in [3.63, 3.8) is 0 Å². The Morgan fingerprint density at radius 3 is 2.55 bits per heavy atom. The molecular formula is C14H20O4S2. The minimum Gasteiger partial charge on any atom is -0.461 e. The van der Waals surface area contributed by atoms with Crippen molar-refractivity contribution >= 4 is 27.6 Å². The number of carbonyl (C=O) groups is 1. The van der Waals surface area contributed by atoms with E-state index in [4.69, 9.17) is 4.74 Å². The Kier molecular flexibility index (Phi) is 7.09. The highest BCUT2D eigenvalue weighted by Gasteiger charge is 2.15. The molecule has 1 atom stereocenters. The number of sulfone groups is 1. The van der Waals surface area contributed by atoms with Gasteiger partial charge in [-0.3, -0.25) is 4.79 Å². The zero-order valence-corrected chi connectivity index (χ0v) is 13.4. The third kappa shape index (κ3) is 7.55. The van der Waals surface area contributed by atoms with Crippen LogP contribution in [0.25, 0.3) is 0 Å². The fraction of sp³-hybridized carbons (Fsp3) is 0.500. The van der Waals surface area contributed by atoms with Gasteiger partial charge in [-0.25, -0.2) is 8.42 Å². The molecule has 0 saturated heterocycles.